The number of carbonyl (C=O) groups is 1. The molecular formula is C28H24N4O3. The number of para-hydroxylation sites is 1. The number of nitriles is 1. The number of nitrogens with one attached hydrogen (secondary N) is 1. The van der Waals surface area contributed by atoms with Crippen LogP contribution in [0.2, 0.25) is 0 Å². The average Bonchev–Trinajstić information content (AvgIpc) is 3.56. The molecule has 2 heterocycles. The molecule has 0 fully saturated rings. The van der Waals surface area contributed by atoms with E-state index < -0.39 is 5.91 Å². The molecule has 2 aromatic heterocycles. The predicted octanol–water partition coefficient (Wildman–Crippen LogP) is 5.23. The minimum Gasteiger partial charge on any atom is -0.489 e. The molecular weight excluding hydrogens is 440 g/mol. The Morgan fingerprint density at radius 1 is 1.23 bits per heavy atom. The highest BCUT2D eigenvalue weighted by atomic mass is 16.5. The van der Waals surface area contributed by atoms with E-state index in [4.69, 9.17) is 14.3 Å². The Kier molecular flexibility index (Phi) is 7.24. The van der Waals surface area contributed by atoms with Crippen molar-refractivity contribution < 1.29 is 13.9 Å². The highest BCUT2D eigenvalue weighted by Gasteiger charge is 2.16. The molecule has 0 unspecified atom stereocenters. The van der Waals surface area contributed by atoms with Gasteiger partial charge in [0.25, 0.3) is 5.91 Å². The fourth-order valence-electron chi connectivity index (χ4n) is 3.52. The lowest BCUT2D eigenvalue weighted by atomic mass is 10.0. The zero-order chi connectivity index (χ0) is 24.6. The largest absolute Gasteiger partial charge is 0.489 e. The van der Waals surface area contributed by atoms with E-state index in [-0.39, 0.29) is 12.1 Å². The van der Waals surface area contributed by atoms with E-state index in [0.717, 1.165) is 22.6 Å². The Morgan fingerprint density at radius 3 is 2.74 bits per heavy atom. The number of rotatable bonds is 9. The second kappa shape index (κ2) is 10.9. The van der Waals surface area contributed by atoms with Crippen LogP contribution in [0.15, 0.2) is 95.8 Å². The van der Waals surface area contributed by atoms with Crippen molar-refractivity contribution in [3.8, 4) is 28.8 Å². The van der Waals surface area contributed by atoms with Crippen LogP contribution in [0.1, 0.15) is 16.9 Å². The summed E-state index contributed by atoms with van der Waals surface area (Å²) in [6.07, 6.45) is 6.58. The van der Waals surface area contributed by atoms with E-state index in [1.807, 2.05) is 61.5 Å². The molecule has 2 aromatic carbocycles. The van der Waals surface area contributed by atoms with Crippen molar-refractivity contribution in [2.75, 3.05) is 6.61 Å². The monoisotopic (exact) mass is 464 g/mol. The number of nitrogens with zero attached hydrogens (tertiary/aromatic N) is 3. The summed E-state index contributed by atoms with van der Waals surface area (Å²) in [6.45, 7) is 6.23. The number of aromatic nitrogens is 2. The first-order valence-electron chi connectivity index (χ1n) is 11.0. The standard InChI is InChI=1S/C28H24N4O3/c1-3-13-35-26-12-11-21(15-20(26)2)27-23(19-32(31-27)24-8-5-4-6-9-24)16-22(17-29)28(33)30-18-25-10-7-14-34-25/h3-12,14-16,19H,1,13,18H2,2H3,(H,30,33)/b22-16+. The molecule has 35 heavy (non-hydrogen) atoms. The lowest BCUT2D eigenvalue weighted by Crippen LogP contribution is -2.23. The van der Waals surface area contributed by atoms with Crippen molar-refractivity contribution >= 4 is 12.0 Å². The Hall–Kier alpha value is -4.83. The van der Waals surface area contributed by atoms with Gasteiger partial charge in [0.15, 0.2) is 0 Å². The first-order valence-corrected chi connectivity index (χ1v) is 11.0. The third-order valence-corrected chi connectivity index (χ3v) is 5.24. The van der Waals surface area contributed by atoms with Gasteiger partial charge in [-0.15, -0.1) is 0 Å². The molecule has 0 atom stereocenters. The Bertz CT molecular complexity index is 1390. The van der Waals surface area contributed by atoms with E-state index in [1.165, 1.54) is 6.26 Å². The lowest BCUT2D eigenvalue weighted by molar-refractivity contribution is -0.117. The highest BCUT2D eigenvalue weighted by Crippen LogP contribution is 2.30. The van der Waals surface area contributed by atoms with Crippen LogP contribution < -0.4 is 10.1 Å². The van der Waals surface area contributed by atoms with Crippen LogP contribution >= 0.6 is 0 Å². The van der Waals surface area contributed by atoms with E-state index in [2.05, 4.69) is 11.9 Å². The van der Waals surface area contributed by atoms with E-state index in [9.17, 15) is 10.1 Å². The summed E-state index contributed by atoms with van der Waals surface area (Å²) < 4.78 is 12.7. The maximum absolute atomic E-state index is 12.7. The zero-order valence-electron chi connectivity index (χ0n) is 19.3. The molecule has 7 heteroatoms. The molecule has 4 rings (SSSR count). The Balaban J connectivity index is 1.71. The summed E-state index contributed by atoms with van der Waals surface area (Å²) in [4.78, 5) is 12.7. The van der Waals surface area contributed by atoms with E-state index in [1.54, 1.807) is 35.2 Å². The van der Waals surface area contributed by atoms with E-state index >= 15 is 0 Å². The number of benzene rings is 2. The third kappa shape index (κ3) is 5.57. The molecule has 0 spiro atoms. The minimum atomic E-state index is -0.494. The summed E-state index contributed by atoms with van der Waals surface area (Å²) in [5, 5.41) is 17.2. The fraction of sp³-hybridized carbons (Fsp3) is 0.107. The van der Waals surface area contributed by atoms with Crippen molar-refractivity contribution in [1.29, 1.82) is 5.26 Å². The van der Waals surface area contributed by atoms with Gasteiger partial charge in [-0.2, -0.15) is 10.4 Å². The van der Waals surface area contributed by atoms with Crippen LogP contribution in [-0.4, -0.2) is 22.3 Å². The number of carbonyl (C=O) groups excluding carboxylic acids is 1. The van der Waals surface area contributed by atoms with Gasteiger partial charge >= 0.3 is 0 Å². The molecule has 1 amide bonds. The normalized spacial score (nSPS) is 11.0. The van der Waals surface area contributed by atoms with Crippen molar-refractivity contribution in [2.45, 2.75) is 13.5 Å². The molecule has 174 valence electrons. The van der Waals surface area contributed by atoms with Gasteiger partial charge in [-0.05, 0) is 61.0 Å². The predicted molar refractivity (Wildman–Crippen MR) is 134 cm³/mol. The quantitative estimate of drug-likeness (QED) is 0.208. The molecule has 0 bridgehead atoms. The second-order valence-corrected chi connectivity index (χ2v) is 7.72. The van der Waals surface area contributed by atoms with Gasteiger partial charge in [0.1, 0.15) is 35.5 Å². The Morgan fingerprint density at radius 2 is 2.06 bits per heavy atom. The number of hydrogen-bond acceptors (Lipinski definition) is 5. The van der Waals surface area contributed by atoms with Gasteiger partial charge < -0.3 is 14.5 Å². The molecule has 7 nitrogen and oxygen atoms in total. The minimum absolute atomic E-state index is 0.0342. The van der Waals surface area contributed by atoms with Gasteiger partial charge in [-0.25, -0.2) is 4.68 Å². The van der Waals surface area contributed by atoms with Crippen molar-refractivity contribution in [3.63, 3.8) is 0 Å². The van der Waals surface area contributed by atoms with Crippen molar-refractivity contribution in [2.24, 2.45) is 0 Å². The van der Waals surface area contributed by atoms with Gasteiger partial charge in [-0.1, -0.05) is 30.9 Å². The molecule has 1 N–H and O–H groups in total. The molecule has 0 aliphatic carbocycles. The van der Waals surface area contributed by atoms with Gasteiger partial charge in [0, 0.05) is 17.3 Å². The van der Waals surface area contributed by atoms with Gasteiger partial charge in [-0.3, -0.25) is 4.79 Å². The number of furan rings is 1. The number of amides is 1. The maximum atomic E-state index is 12.7. The Labute approximate surface area is 203 Å². The SMILES string of the molecule is C=CCOc1ccc(-c2nn(-c3ccccc3)cc2/C=C(\C#N)C(=O)NCc2ccco2)cc1C. The molecule has 4 aromatic rings. The summed E-state index contributed by atoms with van der Waals surface area (Å²) in [5.41, 5.74) is 3.87. The van der Waals surface area contributed by atoms with Crippen LogP contribution in [0, 0.1) is 18.3 Å². The first-order chi connectivity index (χ1) is 17.1. The number of aryl methyl sites for hydroxylation is 1. The molecule has 0 aliphatic rings. The van der Waals surface area contributed by atoms with Crippen LogP contribution in [-0.2, 0) is 11.3 Å². The molecule has 0 saturated carbocycles. The number of hydrogen-bond donors (Lipinski definition) is 1. The zero-order valence-corrected chi connectivity index (χ0v) is 19.3. The van der Waals surface area contributed by atoms with Gasteiger partial charge in [0.2, 0.25) is 0 Å². The van der Waals surface area contributed by atoms with Crippen LogP contribution in [0.25, 0.3) is 23.0 Å². The lowest BCUT2D eigenvalue weighted by Gasteiger charge is -2.09. The average molecular weight is 465 g/mol. The van der Waals surface area contributed by atoms with E-state index in [0.29, 0.717) is 23.6 Å². The molecule has 0 aliphatic heterocycles. The van der Waals surface area contributed by atoms with Crippen LogP contribution in [0.3, 0.4) is 0 Å². The summed E-state index contributed by atoms with van der Waals surface area (Å²) in [5.74, 6) is 0.859. The summed E-state index contributed by atoms with van der Waals surface area (Å²) >= 11 is 0. The van der Waals surface area contributed by atoms with Crippen LogP contribution in [0.5, 0.6) is 5.75 Å². The first kappa shape index (κ1) is 23.3. The third-order valence-electron chi connectivity index (χ3n) is 5.24. The smallest absolute Gasteiger partial charge is 0.262 e. The summed E-state index contributed by atoms with van der Waals surface area (Å²) in [6, 6.07) is 20.9. The van der Waals surface area contributed by atoms with Gasteiger partial charge in [0.05, 0.1) is 18.5 Å². The molecule has 0 saturated heterocycles. The van der Waals surface area contributed by atoms with Crippen LogP contribution in [0.4, 0.5) is 0 Å². The molecule has 0 radical (unpaired) electrons. The second-order valence-electron chi connectivity index (χ2n) is 7.72. The fourth-order valence-corrected chi connectivity index (χ4v) is 3.52. The highest BCUT2D eigenvalue weighted by molar-refractivity contribution is 6.02. The number of ether oxygens (including phenoxy) is 1. The van der Waals surface area contributed by atoms with Crippen molar-refractivity contribution in [3.05, 3.63) is 108 Å². The summed E-state index contributed by atoms with van der Waals surface area (Å²) in [7, 11) is 0. The topological polar surface area (TPSA) is 93.1 Å². The maximum Gasteiger partial charge on any atom is 0.262 e. The van der Waals surface area contributed by atoms with Crippen molar-refractivity contribution in [1.82, 2.24) is 15.1 Å².